The molecule has 0 aliphatic rings. The average molecular weight is 605 g/mol. The lowest BCUT2D eigenvalue weighted by atomic mass is 10.1. The van der Waals surface area contributed by atoms with E-state index in [1.54, 1.807) is 55.5 Å². The van der Waals surface area contributed by atoms with Gasteiger partial charge >= 0.3 is 0 Å². The maximum atomic E-state index is 14.6. The number of hydrogen-bond donors (Lipinski definition) is 1. The summed E-state index contributed by atoms with van der Waals surface area (Å²) in [6.07, 6.45) is 0. The molecular weight excluding hydrogens is 573 g/mol. The SMILES string of the molecule is CC(C)CNC(=O)[C@H](C)N(Cc1ccccc1F)C(=O)CN(c1cccc(Br)c1)S(=O)(=O)c1ccccc1. The van der Waals surface area contributed by atoms with Gasteiger partial charge in [-0.3, -0.25) is 13.9 Å². The van der Waals surface area contributed by atoms with Crippen LogP contribution in [-0.2, 0) is 26.2 Å². The Morgan fingerprint density at radius 2 is 1.61 bits per heavy atom. The van der Waals surface area contributed by atoms with Gasteiger partial charge in [0.15, 0.2) is 0 Å². The second kappa shape index (κ2) is 13.0. The Kier molecular flexibility index (Phi) is 10.0. The molecule has 0 unspecified atom stereocenters. The zero-order chi connectivity index (χ0) is 27.9. The van der Waals surface area contributed by atoms with Crippen LogP contribution in [0.5, 0.6) is 0 Å². The first kappa shape index (κ1) is 29.3. The number of carbonyl (C=O) groups is 2. The van der Waals surface area contributed by atoms with Crippen LogP contribution >= 0.6 is 15.9 Å². The molecule has 0 saturated heterocycles. The van der Waals surface area contributed by atoms with Crippen LogP contribution in [0.4, 0.5) is 10.1 Å². The highest BCUT2D eigenvalue weighted by molar-refractivity contribution is 9.10. The number of amides is 2. The molecule has 3 aromatic carbocycles. The van der Waals surface area contributed by atoms with Gasteiger partial charge < -0.3 is 10.2 Å². The fourth-order valence-electron chi connectivity index (χ4n) is 3.72. The molecule has 0 fully saturated rings. The summed E-state index contributed by atoms with van der Waals surface area (Å²) in [5.41, 5.74) is 0.476. The molecule has 38 heavy (non-hydrogen) atoms. The third kappa shape index (κ3) is 7.41. The number of nitrogens with zero attached hydrogens (tertiary/aromatic N) is 2. The van der Waals surface area contributed by atoms with E-state index >= 15 is 0 Å². The van der Waals surface area contributed by atoms with Crippen LogP contribution in [0.15, 0.2) is 88.2 Å². The third-order valence-corrected chi connectivity index (χ3v) is 8.14. The number of sulfonamides is 1. The lowest BCUT2D eigenvalue weighted by Gasteiger charge is -2.32. The van der Waals surface area contributed by atoms with Crippen LogP contribution in [0, 0.1) is 11.7 Å². The Morgan fingerprint density at radius 3 is 2.24 bits per heavy atom. The van der Waals surface area contributed by atoms with E-state index in [2.05, 4.69) is 21.2 Å². The van der Waals surface area contributed by atoms with Crippen molar-refractivity contribution in [3.8, 4) is 0 Å². The van der Waals surface area contributed by atoms with Crippen LogP contribution in [0.2, 0.25) is 0 Å². The van der Waals surface area contributed by atoms with Gasteiger partial charge in [0.2, 0.25) is 11.8 Å². The molecule has 1 N–H and O–H groups in total. The van der Waals surface area contributed by atoms with Crippen LogP contribution in [0.3, 0.4) is 0 Å². The number of halogens is 2. The average Bonchev–Trinajstić information content (AvgIpc) is 2.89. The molecule has 0 aliphatic heterocycles. The van der Waals surface area contributed by atoms with Crippen molar-refractivity contribution in [3.63, 3.8) is 0 Å². The Bertz CT molecular complexity index is 1370. The van der Waals surface area contributed by atoms with E-state index in [-0.39, 0.29) is 28.6 Å². The Morgan fingerprint density at radius 1 is 0.947 bits per heavy atom. The first-order valence-electron chi connectivity index (χ1n) is 12.1. The Hall–Kier alpha value is -3.24. The number of nitrogens with one attached hydrogen (secondary N) is 1. The minimum atomic E-state index is -4.16. The minimum absolute atomic E-state index is 0.0103. The van der Waals surface area contributed by atoms with Crippen molar-refractivity contribution < 1.29 is 22.4 Å². The van der Waals surface area contributed by atoms with E-state index < -0.39 is 40.2 Å². The van der Waals surface area contributed by atoms with Gasteiger partial charge in [-0.2, -0.15) is 0 Å². The lowest BCUT2D eigenvalue weighted by molar-refractivity contribution is -0.139. The summed E-state index contributed by atoms with van der Waals surface area (Å²) >= 11 is 3.36. The summed E-state index contributed by atoms with van der Waals surface area (Å²) in [5.74, 6) is -1.41. The summed E-state index contributed by atoms with van der Waals surface area (Å²) < 4.78 is 43.6. The van der Waals surface area contributed by atoms with Gasteiger partial charge in [-0.15, -0.1) is 0 Å². The van der Waals surface area contributed by atoms with E-state index in [9.17, 15) is 22.4 Å². The van der Waals surface area contributed by atoms with Crippen molar-refractivity contribution in [2.45, 2.75) is 38.3 Å². The van der Waals surface area contributed by atoms with Gasteiger partial charge in [0, 0.05) is 23.1 Å². The maximum absolute atomic E-state index is 14.6. The highest BCUT2D eigenvalue weighted by Crippen LogP contribution is 2.27. The fourth-order valence-corrected chi connectivity index (χ4v) is 5.54. The molecule has 0 heterocycles. The van der Waals surface area contributed by atoms with Crippen molar-refractivity contribution >= 4 is 43.5 Å². The highest BCUT2D eigenvalue weighted by Gasteiger charge is 2.32. The first-order valence-corrected chi connectivity index (χ1v) is 14.4. The van der Waals surface area contributed by atoms with Gasteiger partial charge in [0.25, 0.3) is 10.0 Å². The van der Waals surface area contributed by atoms with Crippen molar-refractivity contribution in [2.24, 2.45) is 5.92 Å². The molecule has 202 valence electrons. The van der Waals surface area contributed by atoms with Crippen molar-refractivity contribution in [1.29, 1.82) is 0 Å². The van der Waals surface area contributed by atoms with Crippen LogP contribution in [-0.4, -0.2) is 44.3 Å². The lowest BCUT2D eigenvalue weighted by Crippen LogP contribution is -2.51. The Balaban J connectivity index is 2.01. The zero-order valence-corrected chi connectivity index (χ0v) is 23.9. The second-order valence-electron chi connectivity index (χ2n) is 9.23. The van der Waals surface area contributed by atoms with Gasteiger partial charge in [0.05, 0.1) is 10.6 Å². The molecular formula is C28H31BrFN3O4S. The smallest absolute Gasteiger partial charge is 0.264 e. The van der Waals surface area contributed by atoms with E-state index in [1.807, 2.05) is 13.8 Å². The predicted octanol–water partition coefficient (Wildman–Crippen LogP) is 4.97. The summed E-state index contributed by atoms with van der Waals surface area (Å²) in [6, 6.07) is 19.4. The number of rotatable bonds is 11. The quantitative estimate of drug-likeness (QED) is 0.335. The minimum Gasteiger partial charge on any atom is -0.354 e. The zero-order valence-electron chi connectivity index (χ0n) is 21.5. The molecule has 0 aromatic heterocycles. The molecule has 3 aromatic rings. The van der Waals surface area contributed by atoms with E-state index in [0.717, 1.165) is 4.31 Å². The summed E-state index contributed by atoms with van der Waals surface area (Å²) in [6.45, 7) is 5.03. The molecule has 0 saturated carbocycles. The summed E-state index contributed by atoms with van der Waals surface area (Å²) in [5, 5.41) is 2.80. The van der Waals surface area contributed by atoms with Crippen LogP contribution < -0.4 is 9.62 Å². The van der Waals surface area contributed by atoms with E-state index in [1.165, 1.54) is 35.2 Å². The molecule has 0 aliphatic carbocycles. The molecule has 10 heteroatoms. The van der Waals surface area contributed by atoms with Crippen LogP contribution in [0.1, 0.15) is 26.3 Å². The number of benzene rings is 3. The largest absolute Gasteiger partial charge is 0.354 e. The molecule has 0 bridgehead atoms. The molecule has 1 atom stereocenters. The molecule has 2 amide bonds. The molecule has 7 nitrogen and oxygen atoms in total. The summed E-state index contributed by atoms with van der Waals surface area (Å²) in [7, 11) is -4.16. The monoisotopic (exact) mass is 603 g/mol. The maximum Gasteiger partial charge on any atom is 0.264 e. The number of hydrogen-bond acceptors (Lipinski definition) is 4. The normalized spacial score (nSPS) is 12.2. The van der Waals surface area contributed by atoms with Crippen molar-refractivity contribution in [1.82, 2.24) is 10.2 Å². The highest BCUT2D eigenvalue weighted by atomic mass is 79.9. The van der Waals surface area contributed by atoms with E-state index in [4.69, 9.17) is 0 Å². The van der Waals surface area contributed by atoms with Crippen molar-refractivity contribution in [3.05, 3.63) is 94.7 Å². The number of anilines is 1. The molecule has 0 radical (unpaired) electrons. The topological polar surface area (TPSA) is 86.8 Å². The fraction of sp³-hybridized carbons (Fsp3) is 0.286. The summed E-state index contributed by atoms with van der Waals surface area (Å²) in [4.78, 5) is 28.0. The van der Waals surface area contributed by atoms with Crippen molar-refractivity contribution in [2.75, 3.05) is 17.4 Å². The number of carbonyl (C=O) groups excluding carboxylic acids is 2. The molecule has 0 spiro atoms. The van der Waals surface area contributed by atoms with Gasteiger partial charge in [-0.25, -0.2) is 12.8 Å². The van der Waals surface area contributed by atoms with Gasteiger partial charge in [0.1, 0.15) is 18.4 Å². The van der Waals surface area contributed by atoms with E-state index in [0.29, 0.717) is 11.0 Å². The standard InChI is InChI=1S/C28H31BrFN3O4S/c1-20(2)17-31-28(35)21(3)32(18-22-10-7-8-15-26(22)30)27(34)19-33(24-12-9-11-23(29)16-24)38(36,37)25-13-5-4-6-14-25/h4-16,20-21H,17-19H2,1-3H3,(H,31,35)/t21-/m0/s1. The second-order valence-corrected chi connectivity index (χ2v) is 12.0. The Labute approximate surface area is 231 Å². The first-order chi connectivity index (χ1) is 18.0. The van der Waals surface area contributed by atoms with Crippen LogP contribution in [0.25, 0.3) is 0 Å². The van der Waals surface area contributed by atoms with Gasteiger partial charge in [-0.1, -0.05) is 72.2 Å². The third-order valence-electron chi connectivity index (χ3n) is 5.86. The van der Waals surface area contributed by atoms with Gasteiger partial charge in [-0.05, 0) is 49.2 Å². The predicted molar refractivity (Wildman–Crippen MR) is 149 cm³/mol. The molecule has 3 rings (SSSR count).